The van der Waals surface area contributed by atoms with E-state index in [2.05, 4.69) is 25.5 Å². The second-order valence-corrected chi connectivity index (χ2v) is 4.46. The highest BCUT2D eigenvalue weighted by molar-refractivity contribution is 5.90. The van der Waals surface area contributed by atoms with Crippen LogP contribution in [0.25, 0.3) is 0 Å². The van der Waals surface area contributed by atoms with Crippen LogP contribution in [0.4, 0.5) is 0 Å². The zero-order valence-corrected chi connectivity index (χ0v) is 11.2. The number of carbonyl (C=O) groups is 1. The molecule has 2 N–H and O–H groups in total. The van der Waals surface area contributed by atoms with Gasteiger partial charge < -0.3 is 9.73 Å². The van der Waals surface area contributed by atoms with Crippen molar-refractivity contribution in [2.45, 2.75) is 39.7 Å². The normalized spacial score (nSPS) is 10.9. The van der Waals surface area contributed by atoms with Crippen molar-refractivity contribution in [3.63, 3.8) is 0 Å². The summed E-state index contributed by atoms with van der Waals surface area (Å²) in [4.78, 5) is 20.0. The van der Waals surface area contributed by atoms with Crippen LogP contribution in [0.15, 0.2) is 10.6 Å². The summed E-state index contributed by atoms with van der Waals surface area (Å²) in [5.41, 5.74) is 0. The van der Waals surface area contributed by atoms with Gasteiger partial charge in [-0.05, 0) is 0 Å². The van der Waals surface area contributed by atoms with Crippen LogP contribution in [0.5, 0.6) is 0 Å². The Morgan fingerprint density at radius 2 is 2.32 bits per heavy atom. The second kappa shape index (κ2) is 5.64. The predicted molar refractivity (Wildman–Crippen MR) is 67.5 cm³/mol. The third-order valence-corrected chi connectivity index (χ3v) is 2.60. The van der Waals surface area contributed by atoms with Crippen molar-refractivity contribution in [3.8, 4) is 0 Å². The van der Waals surface area contributed by atoms with Crippen LogP contribution in [0.2, 0.25) is 0 Å². The molecule has 2 aromatic rings. The van der Waals surface area contributed by atoms with Crippen molar-refractivity contribution in [1.29, 1.82) is 0 Å². The summed E-state index contributed by atoms with van der Waals surface area (Å²) in [6.45, 7) is 6.15. The van der Waals surface area contributed by atoms with Crippen molar-refractivity contribution >= 4 is 5.91 Å². The lowest BCUT2D eigenvalue weighted by molar-refractivity contribution is 0.0937. The summed E-state index contributed by atoms with van der Waals surface area (Å²) in [6.07, 6.45) is 2.44. The number of aromatic amines is 1. The molecular weight excluding hydrogens is 246 g/mol. The molecule has 0 aromatic carbocycles. The molecule has 2 heterocycles. The number of oxazole rings is 1. The molecule has 0 saturated carbocycles. The molecule has 2 rings (SSSR count). The van der Waals surface area contributed by atoms with Crippen LogP contribution in [-0.2, 0) is 13.0 Å². The molecule has 7 heteroatoms. The number of nitrogens with zero attached hydrogens (tertiary/aromatic N) is 3. The second-order valence-electron chi connectivity index (χ2n) is 4.46. The minimum atomic E-state index is -0.348. The van der Waals surface area contributed by atoms with Gasteiger partial charge in [-0.2, -0.15) is 0 Å². The average molecular weight is 263 g/mol. The van der Waals surface area contributed by atoms with E-state index in [0.717, 1.165) is 12.2 Å². The van der Waals surface area contributed by atoms with Crippen LogP contribution < -0.4 is 5.32 Å². The van der Waals surface area contributed by atoms with Gasteiger partial charge in [0.15, 0.2) is 0 Å². The Kier molecular flexibility index (Phi) is 3.94. The summed E-state index contributed by atoms with van der Waals surface area (Å²) < 4.78 is 5.39. The first-order valence-corrected chi connectivity index (χ1v) is 6.24. The fourth-order valence-electron chi connectivity index (χ4n) is 1.46. The third kappa shape index (κ3) is 3.18. The maximum Gasteiger partial charge on any atom is 0.291 e. The standard InChI is InChI=1S/C12H17N5O2/c1-4-8-5-13-9(19-8)6-14-12(18)11-15-10(7(2)3)16-17-11/h5,7H,4,6H2,1-3H3,(H,14,18)(H,15,16,17). The molecule has 0 spiro atoms. The lowest BCUT2D eigenvalue weighted by Gasteiger charge is -1.98. The fourth-order valence-corrected chi connectivity index (χ4v) is 1.46. The Morgan fingerprint density at radius 3 is 2.89 bits per heavy atom. The number of carbonyl (C=O) groups excluding carboxylic acids is 1. The minimum Gasteiger partial charge on any atom is -0.444 e. The van der Waals surface area contributed by atoms with E-state index in [1.165, 1.54) is 0 Å². The van der Waals surface area contributed by atoms with Gasteiger partial charge in [-0.1, -0.05) is 20.8 Å². The van der Waals surface area contributed by atoms with Gasteiger partial charge in [0.05, 0.1) is 12.7 Å². The van der Waals surface area contributed by atoms with E-state index in [1.54, 1.807) is 6.20 Å². The summed E-state index contributed by atoms with van der Waals surface area (Å²) in [5, 5.41) is 9.27. The fraction of sp³-hybridized carbons (Fsp3) is 0.500. The summed E-state index contributed by atoms with van der Waals surface area (Å²) in [6, 6.07) is 0. The number of hydrogen-bond donors (Lipinski definition) is 2. The van der Waals surface area contributed by atoms with Crippen LogP contribution in [0.3, 0.4) is 0 Å². The van der Waals surface area contributed by atoms with Crippen LogP contribution >= 0.6 is 0 Å². The molecule has 0 aliphatic heterocycles. The Balaban J connectivity index is 1.93. The minimum absolute atomic E-state index is 0.131. The first-order chi connectivity index (χ1) is 9.10. The van der Waals surface area contributed by atoms with Gasteiger partial charge in [-0.15, -0.1) is 5.10 Å². The number of amides is 1. The van der Waals surface area contributed by atoms with E-state index < -0.39 is 0 Å². The predicted octanol–water partition coefficient (Wildman–Crippen LogP) is 1.41. The van der Waals surface area contributed by atoms with E-state index in [4.69, 9.17) is 4.42 Å². The van der Waals surface area contributed by atoms with Crippen molar-refractivity contribution in [2.24, 2.45) is 0 Å². The van der Waals surface area contributed by atoms with E-state index in [-0.39, 0.29) is 24.2 Å². The summed E-state index contributed by atoms with van der Waals surface area (Å²) >= 11 is 0. The SMILES string of the molecule is CCc1cnc(CNC(=O)c2n[nH]c(C(C)C)n2)o1. The van der Waals surface area contributed by atoms with Crippen molar-refractivity contribution in [1.82, 2.24) is 25.5 Å². The maximum absolute atomic E-state index is 11.8. The number of H-pyrrole nitrogens is 1. The van der Waals surface area contributed by atoms with Gasteiger partial charge >= 0.3 is 0 Å². The quantitative estimate of drug-likeness (QED) is 0.850. The number of rotatable bonds is 5. The van der Waals surface area contributed by atoms with E-state index >= 15 is 0 Å². The summed E-state index contributed by atoms with van der Waals surface area (Å²) in [7, 11) is 0. The van der Waals surface area contributed by atoms with Gasteiger partial charge in [-0.3, -0.25) is 9.89 Å². The molecule has 0 fully saturated rings. The molecule has 0 bridgehead atoms. The lowest BCUT2D eigenvalue weighted by Crippen LogP contribution is -2.24. The largest absolute Gasteiger partial charge is 0.444 e. The Hall–Kier alpha value is -2.18. The molecular formula is C12H17N5O2. The zero-order chi connectivity index (χ0) is 13.8. The highest BCUT2D eigenvalue weighted by atomic mass is 16.4. The Bertz CT molecular complexity index is 558. The van der Waals surface area contributed by atoms with Crippen molar-refractivity contribution < 1.29 is 9.21 Å². The maximum atomic E-state index is 11.8. The van der Waals surface area contributed by atoms with E-state index in [9.17, 15) is 4.79 Å². The van der Waals surface area contributed by atoms with Crippen molar-refractivity contribution in [2.75, 3.05) is 0 Å². The average Bonchev–Trinajstić information content (AvgIpc) is 3.04. The zero-order valence-electron chi connectivity index (χ0n) is 11.2. The van der Waals surface area contributed by atoms with Gasteiger partial charge in [0.25, 0.3) is 5.91 Å². The lowest BCUT2D eigenvalue weighted by atomic mass is 10.2. The van der Waals surface area contributed by atoms with Gasteiger partial charge in [0.2, 0.25) is 11.7 Å². The van der Waals surface area contributed by atoms with Crippen LogP contribution in [0.1, 0.15) is 54.8 Å². The van der Waals surface area contributed by atoms with E-state index in [1.807, 2.05) is 20.8 Å². The van der Waals surface area contributed by atoms with Gasteiger partial charge in [-0.25, -0.2) is 9.97 Å². The molecule has 7 nitrogen and oxygen atoms in total. The summed E-state index contributed by atoms with van der Waals surface area (Å²) in [5.74, 6) is 1.95. The van der Waals surface area contributed by atoms with E-state index in [0.29, 0.717) is 11.7 Å². The topological polar surface area (TPSA) is 96.7 Å². The first-order valence-electron chi connectivity index (χ1n) is 6.24. The molecule has 0 saturated heterocycles. The molecule has 102 valence electrons. The third-order valence-electron chi connectivity index (χ3n) is 2.60. The molecule has 0 unspecified atom stereocenters. The highest BCUT2D eigenvalue weighted by Gasteiger charge is 2.14. The monoisotopic (exact) mass is 263 g/mol. The van der Waals surface area contributed by atoms with Crippen LogP contribution in [0, 0.1) is 0 Å². The van der Waals surface area contributed by atoms with Crippen LogP contribution in [-0.4, -0.2) is 26.1 Å². The Morgan fingerprint density at radius 1 is 1.53 bits per heavy atom. The van der Waals surface area contributed by atoms with Gasteiger partial charge in [0, 0.05) is 12.3 Å². The molecule has 1 amide bonds. The first kappa shape index (κ1) is 13.3. The number of nitrogens with one attached hydrogen (secondary N) is 2. The molecule has 19 heavy (non-hydrogen) atoms. The molecule has 0 aliphatic rings. The smallest absolute Gasteiger partial charge is 0.291 e. The van der Waals surface area contributed by atoms with Crippen molar-refractivity contribution in [3.05, 3.63) is 29.5 Å². The molecule has 0 atom stereocenters. The molecule has 0 radical (unpaired) electrons. The molecule has 2 aromatic heterocycles. The number of hydrogen-bond acceptors (Lipinski definition) is 5. The Labute approximate surface area is 110 Å². The highest BCUT2D eigenvalue weighted by Crippen LogP contribution is 2.08. The number of aryl methyl sites for hydroxylation is 1. The molecule has 0 aliphatic carbocycles. The number of aromatic nitrogens is 4. The van der Waals surface area contributed by atoms with Gasteiger partial charge in [0.1, 0.15) is 11.6 Å².